The van der Waals surface area contributed by atoms with Crippen LogP contribution in [0, 0.1) is 0 Å². The number of anilines is 1. The molecule has 0 spiro atoms. The Labute approximate surface area is 98.0 Å². The van der Waals surface area contributed by atoms with Gasteiger partial charge in [-0.25, -0.2) is 9.97 Å². The Morgan fingerprint density at radius 3 is 3.00 bits per heavy atom. The third-order valence-corrected chi connectivity index (χ3v) is 3.56. The molecule has 0 aliphatic rings. The van der Waals surface area contributed by atoms with Gasteiger partial charge in [-0.3, -0.25) is 0 Å². The number of aromatic nitrogens is 2. The van der Waals surface area contributed by atoms with Gasteiger partial charge >= 0.3 is 0 Å². The highest BCUT2D eigenvalue weighted by molar-refractivity contribution is 14.1. The average molecular weight is 326 g/mol. The summed E-state index contributed by atoms with van der Waals surface area (Å²) in [6, 6.07) is 3.83. The van der Waals surface area contributed by atoms with Crippen molar-refractivity contribution in [1.82, 2.24) is 9.97 Å². The van der Waals surface area contributed by atoms with Gasteiger partial charge in [-0.15, -0.1) is 11.6 Å². The first-order valence-electron chi connectivity index (χ1n) is 3.52. The van der Waals surface area contributed by atoms with E-state index in [0.717, 1.165) is 21.2 Å². The van der Waals surface area contributed by atoms with Crippen molar-refractivity contribution in [1.29, 1.82) is 0 Å². The van der Waals surface area contributed by atoms with Crippen LogP contribution in [0.3, 0.4) is 0 Å². The van der Waals surface area contributed by atoms with E-state index >= 15 is 0 Å². The van der Waals surface area contributed by atoms with Gasteiger partial charge in [0.15, 0.2) is 5.13 Å². The monoisotopic (exact) mass is 325 g/mol. The van der Waals surface area contributed by atoms with E-state index in [1.54, 1.807) is 0 Å². The summed E-state index contributed by atoms with van der Waals surface area (Å²) in [5.41, 5.74) is 1.80. The number of nitrogens with one attached hydrogen (secondary N) is 1. The number of fused-ring (bicyclic) bond motifs is 1. The molecule has 13 heavy (non-hydrogen) atoms. The Kier molecular flexibility index (Phi) is 2.85. The molecule has 3 nitrogen and oxygen atoms in total. The minimum absolute atomic E-state index is 0.445. The van der Waals surface area contributed by atoms with Crippen molar-refractivity contribution in [3.63, 3.8) is 0 Å². The highest BCUT2D eigenvalue weighted by Crippen LogP contribution is 2.25. The van der Waals surface area contributed by atoms with Gasteiger partial charge in [0.2, 0.25) is 0 Å². The van der Waals surface area contributed by atoms with E-state index in [1.165, 1.54) is 11.3 Å². The van der Waals surface area contributed by atoms with Crippen LogP contribution < -0.4 is 3.53 Å². The summed E-state index contributed by atoms with van der Waals surface area (Å²) in [7, 11) is 0. The minimum atomic E-state index is 0.445. The molecule has 0 radical (unpaired) electrons. The Morgan fingerprint density at radius 2 is 2.31 bits per heavy atom. The molecule has 0 aromatic carbocycles. The zero-order chi connectivity index (χ0) is 9.26. The Hall–Kier alpha value is -0.140. The van der Waals surface area contributed by atoms with E-state index in [2.05, 4.69) is 36.4 Å². The van der Waals surface area contributed by atoms with E-state index < -0.39 is 0 Å². The molecule has 2 rings (SSSR count). The van der Waals surface area contributed by atoms with Crippen LogP contribution >= 0.6 is 45.8 Å². The first-order valence-corrected chi connectivity index (χ1v) is 5.95. The summed E-state index contributed by atoms with van der Waals surface area (Å²) < 4.78 is 2.96. The molecule has 6 heteroatoms. The number of hydrogen-bond acceptors (Lipinski definition) is 4. The van der Waals surface area contributed by atoms with E-state index in [9.17, 15) is 0 Å². The van der Waals surface area contributed by atoms with Gasteiger partial charge in [-0.2, -0.15) is 0 Å². The largest absolute Gasteiger partial charge is 0.304 e. The lowest BCUT2D eigenvalue weighted by molar-refractivity contribution is 1.22. The number of pyridine rings is 1. The zero-order valence-electron chi connectivity index (χ0n) is 6.42. The second kappa shape index (κ2) is 3.93. The van der Waals surface area contributed by atoms with Gasteiger partial charge in [-0.1, -0.05) is 11.3 Å². The lowest BCUT2D eigenvalue weighted by Crippen LogP contribution is -1.82. The van der Waals surface area contributed by atoms with Crippen molar-refractivity contribution in [2.45, 2.75) is 5.88 Å². The van der Waals surface area contributed by atoms with Crippen LogP contribution in [0.4, 0.5) is 5.13 Å². The fraction of sp³-hybridized carbons (Fsp3) is 0.143. The van der Waals surface area contributed by atoms with E-state index in [1.807, 2.05) is 12.1 Å². The highest BCUT2D eigenvalue weighted by atomic mass is 127. The van der Waals surface area contributed by atoms with Gasteiger partial charge in [0.05, 0.1) is 34.4 Å². The Bertz CT molecular complexity index is 429. The number of hydrogen-bond donors (Lipinski definition) is 1. The maximum absolute atomic E-state index is 5.67. The van der Waals surface area contributed by atoms with Gasteiger partial charge in [-0.05, 0) is 12.1 Å². The molecule has 1 N–H and O–H groups in total. The summed E-state index contributed by atoms with van der Waals surface area (Å²) in [6.45, 7) is 0. The van der Waals surface area contributed by atoms with Gasteiger partial charge < -0.3 is 3.53 Å². The van der Waals surface area contributed by atoms with Crippen molar-refractivity contribution in [3.8, 4) is 0 Å². The summed E-state index contributed by atoms with van der Waals surface area (Å²) in [6.07, 6.45) is 0. The van der Waals surface area contributed by atoms with Crippen LogP contribution in [0.2, 0.25) is 0 Å². The van der Waals surface area contributed by atoms with Gasteiger partial charge in [0.1, 0.15) is 10.3 Å². The first-order chi connectivity index (χ1) is 6.33. The zero-order valence-corrected chi connectivity index (χ0v) is 10.2. The summed E-state index contributed by atoms with van der Waals surface area (Å²) in [5.74, 6) is 0.445. The molecule has 68 valence electrons. The fourth-order valence-electron chi connectivity index (χ4n) is 0.970. The number of rotatable bonds is 2. The quantitative estimate of drug-likeness (QED) is 0.523. The van der Waals surface area contributed by atoms with Crippen molar-refractivity contribution < 1.29 is 0 Å². The second-order valence-electron chi connectivity index (χ2n) is 2.37. The molecule has 0 unspecified atom stereocenters. The normalized spacial score (nSPS) is 10.6. The average Bonchev–Trinajstić information content (AvgIpc) is 2.58. The summed E-state index contributed by atoms with van der Waals surface area (Å²) >= 11 is 9.25. The van der Waals surface area contributed by atoms with E-state index in [0.29, 0.717) is 5.88 Å². The number of halogens is 2. The fourth-order valence-corrected chi connectivity index (χ4v) is 2.32. The summed E-state index contributed by atoms with van der Waals surface area (Å²) in [5, 5.41) is 0.870. The van der Waals surface area contributed by atoms with E-state index in [4.69, 9.17) is 11.6 Å². The maximum Gasteiger partial charge on any atom is 0.194 e. The molecule has 0 saturated heterocycles. The second-order valence-corrected chi connectivity index (χ2v) is 4.16. The van der Waals surface area contributed by atoms with Crippen LogP contribution in [0.25, 0.3) is 10.3 Å². The molecule has 0 fully saturated rings. The number of nitrogens with zero attached hydrogens (tertiary/aromatic N) is 2. The van der Waals surface area contributed by atoms with Crippen LogP contribution in [-0.4, -0.2) is 9.97 Å². The Morgan fingerprint density at radius 1 is 1.46 bits per heavy atom. The highest BCUT2D eigenvalue weighted by Gasteiger charge is 2.04. The molecule has 0 atom stereocenters. The van der Waals surface area contributed by atoms with Crippen LogP contribution in [0.15, 0.2) is 12.1 Å². The predicted molar refractivity (Wildman–Crippen MR) is 64.6 cm³/mol. The molecular formula is C7H5ClIN3S. The minimum Gasteiger partial charge on any atom is -0.304 e. The molecule has 0 amide bonds. The first kappa shape index (κ1) is 9.42. The summed E-state index contributed by atoms with van der Waals surface area (Å²) in [4.78, 5) is 9.57. The molecule has 2 aromatic heterocycles. The van der Waals surface area contributed by atoms with Crippen LogP contribution in [-0.2, 0) is 5.88 Å². The molecule has 2 aromatic rings. The third kappa shape index (κ3) is 1.87. The van der Waals surface area contributed by atoms with Crippen molar-refractivity contribution >= 4 is 61.3 Å². The van der Waals surface area contributed by atoms with Gasteiger partial charge in [0, 0.05) is 0 Å². The predicted octanol–water partition coefficient (Wildman–Crippen LogP) is 3.19. The Balaban J connectivity index is 2.57. The SMILES string of the molecule is ClCc1ccc2nc(NI)sc2n1. The number of thiazole rings is 1. The molecular weight excluding hydrogens is 321 g/mol. The molecule has 0 aliphatic heterocycles. The molecule has 0 bridgehead atoms. The maximum atomic E-state index is 5.67. The molecule has 0 aliphatic carbocycles. The molecule has 2 heterocycles. The standard InChI is InChI=1S/C7H5ClIN3S/c8-3-4-1-2-5-6(10-4)13-7(11-5)12-9/h1-2H,3H2,(H,11,12). The van der Waals surface area contributed by atoms with Crippen molar-refractivity contribution in [3.05, 3.63) is 17.8 Å². The van der Waals surface area contributed by atoms with Crippen molar-refractivity contribution in [2.75, 3.05) is 3.53 Å². The smallest absolute Gasteiger partial charge is 0.194 e. The van der Waals surface area contributed by atoms with E-state index in [-0.39, 0.29) is 0 Å². The van der Waals surface area contributed by atoms with Gasteiger partial charge in [0.25, 0.3) is 0 Å². The lowest BCUT2D eigenvalue weighted by atomic mass is 10.4. The van der Waals surface area contributed by atoms with Crippen molar-refractivity contribution in [2.24, 2.45) is 0 Å². The third-order valence-electron chi connectivity index (χ3n) is 1.53. The van der Waals surface area contributed by atoms with Crippen LogP contribution in [0.1, 0.15) is 5.69 Å². The topological polar surface area (TPSA) is 37.8 Å². The molecule has 0 saturated carbocycles. The number of alkyl halides is 1. The van der Waals surface area contributed by atoms with Crippen LogP contribution in [0.5, 0.6) is 0 Å². The lowest BCUT2D eigenvalue weighted by Gasteiger charge is -1.91.